The van der Waals surface area contributed by atoms with Crippen LogP contribution >= 0.6 is 0 Å². The smallest absolute Gasteiger partial charge is 0.235 e. The van der Waals surface area contributed by atoms with Gasteiger partial charge in [0.15, 0.2) is 0 Å². The Kier molecular flexibility index (Phi) is 7.68. The number of furan rings is 1. The molecule has 1 aliphatic carbocycles. The molecule has 0 amide bonds. The van der Waals surface area contributed by atoms with Crippen molar-refractivity contribution in [2.45, 2.75) is 19.3 Å². The fraction of sp³-hybridized carbons (Fsp3) is 0.0492. The molecule has 0 atom stereocenters. The fourth-order valence-corrected chi connectivity index (χ4v) is 10.9. The fourth-order valence-electron chi connectivity index (χ4n) is 10.9. The van der Waals surface area contributed by atoms with Gasteiger partial charge >= 0.3 is 0 Å². The van der Waals surface area contributed by atoms with Crippen LogP contribution in [0.25, 0.3) is 122 Å². The highest BCUT2D eigenvalue weighted by atomic mass is 16.3. The van der Waals surface area contributed by atoms with E-state index in [2.05, 4.69) is 205 Å². The van der Waals surface area contributed by atoms with Crippen LogP contribution in [-0.2, 0) is 5.41 Å². The van der Waals surface area contributed by atoms with Gasteiger partial charge in [0.05, 0.1) is 33.5 Å². The highest BCUT2D eigenvalue weighted by molar-refractivity contribution is 6.18. The molecule has 9 aromatic carbocycles. The monoisotopic (exact) mass is 844 g/mol. The number of rotatable bonds is 5. The van der Waals surface area contributed by atoms with Gasteiger partial charge in [0, 0.05) is 60.6 Å². The zero-order chi connectivity index (χ0) is 43.7. The maximum atomic E-state index is 6.53. The van der Waals surface area contributed by atoms with Crippen LogP contribution in [0.4, 0.5) is 0 Å². The zero-order valence-electron chi connectivity index (χ0n) is 36.3. The minimum absolute atomic E-state index is 0.190. The molecule has 0 fully saturated rings. The van der Waals surface area contributed by atoms with Crippen LogP contribution in [-0.4, -0.2) is 19.1 Å². The summed E-state index contributed by atoms with van der Waals surface area (Å²) in [5.41, 5.74) is 18.5. The van der Waals surface area contributed by atoms with E-state index in [1.807, 2.05) is 24.3 Å². The molecule has 66 heavy (non-hydrogen) atoms. The van der Waals surface area contributed by atoms with E-state index in [1.165, 1.54) is 49.7 Å². The standard InChI is InChI=1S/C61H40N4O/c1-61(2)50-29-27-39(30-45(50)46-32-47-42-22-12-14-24-54(42)64(56(47)34-51(46)61)41-20-10-5-11-21-41)40-26-28-43-48-33-49-44-23-13-15-25-58(44)66-59(49)36-57(48)65(55(43)31-40)60-62-52(37-16-6-3-7-17-37)35-53(63-60)38-18-8-4-9-19-38/h3-36H,1-2H3. The van der Waals surface area contributed by atoms with Gasteiger partial charge in [-0.15, -0.1) is 0 Å². The van der Waals surface area contributed by atoms with Crippen molar-refractivity contribution in [2.75, 3.05) is 0 Å². The van der Waals surface area contributed by atoms with Crippen molar-refractivity contribution in [3.05, 3.63) is 217 Å². The lowest BCUT2D eigenvalue weighted by atomic mass is 9.82. The number of nitrogens with zero attached hydrogens (tertiary/aromatic N) is 4. The molecule has 310 valence electrons. The van der Waals surface area contributed by atoms with Crippen LogP contribution in [0, 0.1) is 0 Å². The average molecular weight is 845 g/mol. The Morgan fingerprint density at radius 2 is 0.939 bits per heavy atom. The van der Waals surface area contributed by atoms with E-state index in [0.717, 1.165) is 77.4 Å². The summed E-state index contributed by atoms with van der Waals surface area (Å²) >= 11 is 0. The predicted octanol–water partition coefficient (Wildman–Crippen LogP) is 15.9. The van der Waals surface area contributed by atoms with E-state index in [0.29, 0.717) is 5.95 Å². The lowest BCUT2D eigenvalue weighted by Gasteiger charge is -2.22. The third-order valence-corrected chi connectivity index (χ3v) is 14.1. The van der Waals surface area contributed by atoms with Crippen molar-refractivity contribution < 1.29 is 4.42 Å². The first kappa shape index (κ1) is 36.9. The van der Waals surface area contributed by atoms with Crippen LogP contribution < -0.4 is 0 Å². The molecule has 4 heterocycles. The van der Waals surface area contributed by atoms with Crippen molar-refractivity contribution in [1.29, 1.82) is 0 Å². The summed E-state index contributed by atoms with van der Waals surface area (Å²) in [6.45, 7) is 4.74. The summed E-state index contributed by atoms with van der Waals surface area (Å²) in [5.74, 6) is 0.603. The van der Waals surface area contributed by atoms with E-state index in [9.17, 15) is 0 Å². The Morgan fingerprint density at radius 1 is 0.364 bits per heavy atom. The SMILES string of the molecule is CC1(C)c2ccc(-c3ccc4c5cc6c(cc5n(-c5nc(-c7ccccc7)cc(-c7ccccc7)n5)c4c3)oc3ccccc36)cc2-c2cc3c4ccccc4n(-c4ccccc4)c3cc21. The van der Waals surface area contributed by atoms with Crippen LogP contribution in [0.5, 0.6) is 0 Å². The highest BCUT2D eigenvalue weighted by Crippen LogP contribution is 2.52. The summed E-state index contributed by atoms with van der Waals surface area (Å²) in [4.78, 5) is 10.7. The average Bonchev–Trinajstić information content (AvgIpc) is 4.07. The van der Waals surface area contributed by atoms with Gasteiger partial charge in [0.25, 0.3) is 0 Å². The van der Waals surface area contributed by atoms with Gasteiger partial charge in [-0.25, -0.2) is 9.97 Å². The van der Waals surface area contributed by atoms with Crippen molar-refractivity contribution in [3.63, 3.8) is 0 Å². The molecule has 0 unspecified atom stereocenters. The maximum Gasteiger partial charge on any atom is 0.235 e. The molecule has 0 N–H and O–H groups in total. The molecule has 5 nitrogen and oxygen atoms in total. The van der Waals surface area contributed by atoms with E-state index in [-0.39, 0.29) is 5.41 Å². The molecule has 4 aromatic heterocycles. The number of aromatic nitrogens is 4. The lowest BCUT2D eigenvalue weighted by molar-refractivity contribution is 0.661. The first-order valence-electron chi connectivity index (χ1n) is 22.6. The molecule has 0 radical (unpaired) electrons. The van der Waals surface area contributed by atoms with Gasteiger partial charge in [0.2, 0.25) is 5.95 Å². The first-order valence-corrected chi connectivity index (χ1v) is 22.6. The van der Waals surface area contributed by atoms with Gasteiger partial charge in [-0.3, -0.25) is 4.57 Å². The second-order valence-electron chi connectivity index (χ2n) is 18.2. The van der Waals surface area contributed by atoms with E-state index in [1.54, 1.807) is 0 Å². The summed E-state index contributed by atoms with van der Waals surface area (Å²) in [5, 5.41) is 6.96. The van der Waals surface area contributed by atoms with Crippen molar-refractivity contribution in [3.8, 4) is 56.4 Å². The van der Waals surface area contributed by atoms with Gasteiger partial charge in [-0.05, 0) is 94.0 Å². The number of benzene rings is 9. The Morgan fingerprint density at radius 3 is 1.70 bits per heavy atom. The predicted molar refractivity (Wildman–Crippen MR) is 272 cm³/mol. The van der Waals surface area contributed by atoms with Crippen LogP contribution in [0.1, 0.15) is 25.0 Å². The van der Waals surface area contributed by atoms with Gasteiger partial charge < -0.3 is 8.98 Å². The van der Waals surface area contributed by atoms with Gasteiger partial charge in [-0.2, -0.15) is 0 Å². The maximum absolute atomic E-state index is 6.53. The van der Waals surface area contributed by atoms with Crippen LogP contribution in [0.15, 0.2) is 211 Å². The molecule has 1 aliphatic rings. The van der Waals surface area contributed by atoms with Crippen molar-refractivity contribution in [1.82, 2.24) is 19.1 Å². The summed E-state index contributed by atoms with van der Waals surface area (Å²) < 4.78 is 11.2. The largest absolute Gasteiger partial charge is 0.456 e. The van der Waals surface area contributed by atoms with Gasteiger partial charge in [0.1, 0.15) is 11.2 Å². The molecular weight excluding hydrogens is 805 g/mol. The molecular formula is C61H40N4O. The van der Waals surface area contributed by atoms with Crippen LogP contribution in [0.3, 0.4) is 0 Å². The normalized spacial score (nSPS) is 13.1. The lowest BCUT2D eigenvalue weighted by Crippen LogP contribution is -2.15. The molecule has 0 bridgehead atoms. The Labute approximate surface area is 380 Å². The van der Waals surface area contributed by atoms with E-state index < -0.39 is 0 Å². The molecule has 14 rings (SSSR count). The van der Waals surface area contributed by atoms with Crippen molar-refractivity contribution in [2.24, 2.45) is 0 Å². The summed E-state index contributed by atoms with van der Waals surface area (Å²) in [6, 6.07) is 74.0. The molecule has 13 aromatic rings. The van der Waals surface area contributed by atoms with E-state index >= 15 is 0 Å². The third kappa shape index (κ3) is 5.34. The second kappa shape index (κ2) is 13.7. The minimum Gasteiger partial charge on any atom is -0.456 e. The Balaban J connectivity index is 1.000. The molecule has 0 spiro atoms. The topological polar surface area (TPSA) is 48.8 Å². The number of hydrogen-bond acceptors (Lipinski definition) is 3. The van der Waals surface area contributed by atoms with Crippen LogP contribution in [0.2, 0.25) is 0 Å². The first-order chi connectivity index (χ1) is 32.5. The number of fused-ring (bicyclic) bond motifs is 12. The quantitative estimate of drug-likeness (QED) is 0.173. The zero-order valence-corrected chi connectivity index (χ0v) is 36.3. The third-order valence-electron chi connectivity index (χ3n) is 14.1. The molecule has 0 aliphatic heterocycles. The highest BCUT2D eigenvalue weighted by Gasteiger charge is 2.37. The number of para-hydroxylation sites is 3. The molecule has 5 heteroatoms. The molecule has 0 saturated carbocycles. The number of hydrogen-bond donors (Lipinski definition) is 0. The van der Waals surface area contributed by atoms with Crippen molar-refractivity contribution >= 4 is 65.6 Å². The Hall–Kier alpha value is -8.54. The van der Waals surface area contributed by atoms with E-state index in [4.69, 9.17) is 14.4 Å². The second-order valence-corrected chi connectivity index (χ2v) is 18.2. The Bertz CT molecular complexity index is 4060. The minimum atomic E-state index is -0.190. The summed E-state index contributed by atoms with van der Waals surface area (Å²) in [6.07, 6.45) is 0. The molecule has 0 saturated heterocycles. The summed E-state index contributed by atoms with van der Waals surface area (Å²) in [7, 11) is 0. The van der Waals surface area contributed by atoms with Gasteiger partial charge in [-0.1, -0.05) is 153 Å².